The third-order valence-electron chi connectivity index (χ3n) is 9.70. The Kier molecular flexibility index (Phi) is 12.3. The van der Waals surface area contributed by atoms with Crippen molar-refractivity contribution in [1.29, 1.82) is 5.26 Å². The number of hydrogen-bond acceptors (Lipinski definition) is 9. The molecule has 2 saturated heterocycles. The van der Waals surface area contributed by atoms with E-state index in [4.69, 9.17) is 32.7 Å². The lowest BCUT2D eigenvalue weighted by molar-refractivity contribution is -0.184. The third-order valence-corrected chi connectivity index (χ3v) is 11.8. The summed E-state index contributed by atoms with van der Waals surface area (Å²) in [5.74, 6) is 1.49. The highest BCUT2D eigenvalue weighted by atomic mass is 31.2. The van der Waals surface area contributed by atoms with E-state index in [1.165, 1.54) is 0 Å². The van der Waals surface area contributed by atoms with Gasteiger partial charge in [-0.3, -0.25) is 0 Å². The zero-order valence-corrected chi connectivity index (χ0v) is 31.7. The molecule has 6 rings (SSSR count). The highest BCUT2D eigenvalue weighted by molar-refractivity contribution is 7.44. The Hall–Kier alpha value is -3.84. The van der Waals surface area contributed by atoms with Crippen LogP contribution in [0.2, 0.25) is 0 Å². The minimum atomic E-state index is -1.60. The van der Waals surface area contributed by atoms with Crippen molar-refractivity contribution in [2.75, 3.05) is 34.0 Å². The second-order valence-corrected chi connectivity index (χ2v) is 15.1. The summed E-state index contributed by atoms with van der Waals surface area (Å²) in [5.41, 5.74) is 1.71. The number of nitrogens with zero attached hydrogens (tertiary/aromatic N) is 2. The van der Waals surface area contributed by atoms with Crippen LogP contribution in [0.15, 0.2) is 109 Å². The summed E-state index contributed by atoms with van der Waals surface area (Å²) in [4.78, 5) is 0. The van der Waals surface area contributed by atoms with E-state index in [-0.39, 0.29) is 44.4 Å². The van der Waals surface area contributed by atoms with Crippen LogP contribution in [-0.2, 0) is 28.9 Å². The predicted molar refractivity (Wildman–Crippen MR) is 201 cm³/mol. The number of methoxy groups -OCH3 is 2. The lowest BCUT2D eigenvalue weighted by Gasteiger charge is -2.41. The summed E-state index contributed by atoms with van der Waals surface area (Å²) in [6.07, 6.45) is -1.08. The molecule has 0 radical (unpaired) electrons. The predicted octanol–water partition coefficient (Wildman–Crippen LogP) is 8.58. The quantitative estimate of drug-likeness (QED) is 0.0603. The average molecular weight is 725 g/mol. The van der Waals surface area contributed by atoms with Gasteiger partial charge in [0.2, 0.25) is 0 Å². The van der Waals surface area contributed by atoms with Crippen LogP contribution < -0.4 is 9.47 Å². The molecule has 2 bridgehead atoms. The molecule has 52 heavy (non-hydrogen) atoms. The molecule has 0 amide bonds. The maximum absolute atomic E-state index is 9.36. The molecule has 2 aliphatic heterocycles. The van der Waals surface area contributed by atoms with Gasteiger partial charge in [0.05, 0.1) is 46.5 Å². The van der Waals surface area contributed by atoms with Crippen molar-refractivity contribution in [2.45, 2.75) is 75.7 Å². The number of fused-ring (bicyclic) bond motifs is 2. The van der Waals surface area contributed by atoms with Crippen molar-refractivity contribution in [3.63, 3.8) is 0 Å². The fourth-order valence-electron chi connectivity index (χ4n) is 7.28. The van der Waals surface area contributed by atoms with Crippen LogP contribution in [0.4, 0.5) is 0 Å². The summed E-state index contributed by atoms with van der Waals surface area (Å²) in [5, 5.41) is 9.36. The number of benzene rings is 4. The molecule has 274 valence electrons. The fraction of sp³-hybridized carbons (Fsp3) is 0.405. The number of hydrogen-bond donors (Lipinski definition) is 0. The van der Waals surface area contributed by atoms with E-state index in [1.807, 2.05) is 84.9 Å². The molecule has 4 aromatic rings. The van der Waals surface area contributed by atoms with Gasteiger partial charge in [0.1, 0.15) is 41.0 Å². The van der Waals surface area contributed by atoms with Crippen LogP contribution in [0, 0.1) is 11.3 Å². The molecule has 0 aromatic heterocycles. The van der Waals surface area contributed by atoms with Crippen molar-refractivity contribution in [3.8, 4) is 17.6 Å². The van der Waals surface area contributed by atoms with Crippen LogP contribution >= 0.6 is 8.53 Å². The molecule has 9 nitrogen and oxygen atoms in total. The monoisotopic (exact) mass is 724 g/mol. The van der Waals surface area contributed by atoms with Gasteiger partial charge in [0, 0.05) is 12.1 Å². The first-order valence-corrected chi connectivity index (χ1v) is 19.0. The van der Waals surface area contributed by atoms with Crippen LogP contribution in [0.3, 0.4) is 0 Å². The molecule has 0 spiro atoms. The molecule has 0 aliphatic carbocycles. The number of ether oxygens (including phenoxy) is 5. The highest BCUT2D eigenvalue weighted by Gasteiger charge is 2.64. The van der Waals surface area contributed by atoms with E-state index in [1.54, 1.807) is 14.2 Å². The zero-order valence-electron chi connectivity index (χ0n) is 30.8. The Balaban J connectivity index is 1.46. The molecule has 2 fully saturated rings. The molecule has 10 heteroatoms. The summed E-state index contributed by atoms with van der Waals surface area (Å²) in [6, 6.07) is 38.8. The first-order valence-electron chi connectivity index (χ1n) is 17.8. The van der Waals surface area contributed by atoms with E-state index in [0.717, 1.165) is 33.8 Å². The molecular weight excluding hydrogens is 675 g/mol. The lowest BCUT2D eigenvalue weighted by Crippen LogP contribution is -2.49. The van der Waals surface area contributed by atoms with Crippen molar-refractivity contribution in [3.05, 3.63) is 131 Å². The Morgan fingerprint density at radius 1 is 0.808 bits per heavy atom. The minimum Gasteiger partial charge on any atom is -0.497 e. The Morgan fingerprint density at radius 3 is 1.87 bits per heavy atom. The smallest absolute Gasteiger partial charge is 0.259 e. The van der Waals surface area contributed by atoms with Gasteiger partial charge in [-0.25, -0.2) is 4.67 Å². The Morgan fingerprint density at radius 2 is 1.35 bits per heavy atom. The first-order chi connectivity index (χ1) is 25.3. The van der Waals surface area contributed by atoms with Crippen LogP contribution in [-0.4, -0.2) is 68.6 Å². The number of rotatable bonds is 17. The lowest BCUT2D eigenvalue weighted by atomic mass is 9.79. The van der Waals surface area contributed by atoms with Gasteiger partial charge in [0.15, 0.2) is 0 Å². The van der Waals surface area contributed by atoms with Crippen molar-refractivity contribution >= 4 is 8.53 Å². The molecule has 4 aromatic carbocycles. The SMILES string of the molecule is COc1ccc(C(OC[C@@]23CO[C@@H]([C@H](c4ccccc4)O2)[C@@H]3OP(OCCC#N)N(C(C)C)C(C)C)(c2ccccc2)c2ccc(OC)cc2)cc1. The van der Waals surface area contributed by atoms with Gasteiger partial charge in [-0.2, -0.15) is 5.26 Å². The minimum absolute atomic E-state index is 0.127. The molecule has 0 N–H and O–H groups in total. The largest absolute Gasteiger partial charge is 0.497 e. The van der Waals surface area contributed by atoms with E-state index in [0.29, 0.717) is 0 Å². The number of nitriles is 1. The van der Waals surface area contributed by atoms with E-state index in [2.05, 4.69) is 62.7 Å². The standard InChI is InChI=1S/C42H49N2O7P/c1-30(2)44(31(3)4)52(49-27-13-26-43)51-40-39-38(32-14-9-7-10-15-32)50-41(40,28-47-39)29-48-42(33-16-11-8-12-17-33,34-18-22-36(45-5)23-19-34)35-20-24-37(46-6)25-21-35/h7-12,14-25,30-31,38-40H,13,27-29H2,1-6H3/t38-,39-,40-,41+,52?/m0/s1. The summed E-state index contributed by atoms with van der Waals surface area (Å²) < 4.78 is 48.1. The third kappa shape index (κ3) is 7.62. The molecule has 1 unspecified atom stereocenters. The fourth-order valence-corrected chi connectivity index (χ4v) is 9.09. The van der Waals surface area contributed by atoms with E-state index < -0.39 is 31.9 Å². The Labute approximate surface area is 309 Å². The zero-order chi connectivity index (χ0) is 36.7. The summed E-state index contributed by atoms with van der Waals surface area (Å²) >= 11 is 0. The van der Waals surface area contributed by atoms with Gasteiger partial charge in [-0.1, -0.05) is 84.9 Å². The highest BCUT2D eigenvalue weighted by Crippen LogP contribution is 2.57. The normalized spacial score (nSPS) is 21.8. The maximum Gasteiger partial charge on any atom is 0.259 e. The van der Waals surface area contributed by atoms with Crippen molar-refractivity contribution < 1.29 is 32.7 Å². The van der Waals surface area contributed by atoms with Gasteiger partial charge < -0.3 is 32.7 Å². The Bertz CT molecular complexity index is 1700. The second-order valence-electron chi connectivity index (χ2n) is 13.7. The molecular formula is C42H49N2O7P. The van der Waals surface area contributed by atoms with Crippen LogP contribution in [0.5, 0.6) is 11.5 Å². The molecule has 5 atom stereocenters. The van der Waals surface area contributed by atoms with Crippen molar-refractivity contribution in [1.82, 2.24) is 4.67 Å². The summed E-state index contributed by atoms with van der Waals surface area (Å²) in [6.45, 7) is 9.19. The molecule has 2 heterocycles. The first kappa shape index (κ1) is 37.9. The van der Waals surface area contributed by atoms with Crippen LogP contribution in [0.25, 0.3) is 0 Å². The molecule has 2 aliphatic rings. The second kappa shape index (κ2) is 16.9. The molecule has 0 saturated carbocycles. The van der Waals surface area contributed by atoms with E-state index >= 15 is 0 Å². The van der Waals surface area contributed by atoms with Crippen LogP contribution in [0.1, 0.15) is 62.5 Å². The van der Waals surface area contributed by atoms with Gasteiger partial charge in [-0.15, -0.1) is 0 Å². The maximum atomic E-state index is 9.36. The van der Waals surface area contributed by atoms with Gasteiger partial charge in [-0.05, 0) is 74.2 Å². The average Bonchev–Trinajstić information content (AvgIpc) is 3.67. The van der Waals surface area contributed by atoms with Gasteiger partial charge in [0.25, 0.3) is 8.53 Å². The summed E-state index contributed by atoms with van der Waals surface area (Å²) in [7, 11) is 1.72. The topological polar surface area (TPSA) is 91.6 Å². The van der Waals surface area contributed by atoms with Gasteiger partial charge >= 0.3 is 0 Å². The van der Waals surface area contributed by atoms with E-state index in [9.17, 15) is 5.26 Å². The van der Waals surface area contributed by atoms with Crippen molar-refractivity contribution in [2.24, 2.45) is 0 Å².